The highest BCUT2D eigenvalue weighted by Gasteiger charge is 2.15. The van der Waals surface area contributed by atoms with E-state index in [1.807, 2.05) is 19.1 Å². The smallest absolute Gasteiger partial charge is 0.220 e. The van der Waals surface area contributed by atoms with E-state index in [-0.39, 0.29) is 11.9 Å². The van der Waals surface area contributed by atoms with Crippen LogP contribution in [-0.2, 0) is 4.79 Å². The first kappa shape index (κ1) is 16.6. The molecule has 0 saturated carbocycles. The summed E-state index contributed by atoms with van der Waals surface area (Å²) >= 11 is 0. The minimum atomic E-state index is 0.00297. The second kappa shape index (κ2) is 8.69. The fraction of sp³-hybridized carbons (Fsp3) is 0.625. The Morgan fingerprint density at radius 1 is 1.35 bits per heavy atom. The summed E-state index contributed by atoms with van der Waals surface area (Å²) < 4.78 is 0. The molecule has 2 unspecified atom stereocenters. The highest BCUT2D eigenvalue weighted by atomic mass is 16.1. The van der Waals surface area contributed by atoms with Crippen LogP contribution in [0.5, 0.6) is 0 Å². The van der Waals surface area contributed by atoms with Gasteiger partial charge in [0, 0.05) is 18.8 Å². The SMILES string of the molecule is CC(NC(=O)CCC(CCN)C(C)C)c1cccnc1. The molecule has 0 aliphatic carbocycles. The molecule has 0 aliphatic heterocycles. The molecule has 3 N–H and O–H groups in total. The van der Waals surface area contributed by atoms with E-state index in [4.69, 9.17) is 5.73 Å². The summed E-state index contributed by atoms with van der Waals surface area (Å²) in [5.74, 6) is 1.20. The van der Waals surface area contributed by atoms with Crippen molar-refractivity contribution in [1.29, 1.82) is 0 Å². The summed E-state index contributed by atoms with van der Waals surface area (Å²) in [4.78, 5) is 16.1. The van der Waals surface area contributed by atoms with Crippen LogP contribution in [0.2, 0.25) is 0 Å². The van der Waals surface area contributed by atoms with Crippen molar-refractivity contribution in [1.82, 2.24) is 10.3 Å². The average Bonchev–Trinajstić information content (AvgIpc) is 2.44. The molecule has 20 heavy (non-hydrogen) atoms. The van der Waals surface area contributed by atoms with Crippen LogP contribution in [0, 0.1) is 11.8 Å². The Morgan fingerprint density at radius 3 is 2.65 bits per heavy atom. The number of aromatic nitrogens is 1. The molecule has 0 aliphatic rings. The van der Waals surface area contributed by atoms with E-state index >= 15 is 0 Å². The molecular weight excluding hydrogens is 250 g/mol. The van der Waals surface area contributed by atoms with Crippen molar-refractivity contribution in [2.75, 3.05) is 6.54 Å². The summed E-state index contributed by atoms with van der Waals surface area (Å²) in [5, 5.41) is 3.02. The van der Waals surface area contributed by atoms with Crippen LogP contribution in [0.1, 0.15) is 51.6 Å². The van der Waals surface area contributed by atoms with Gasteiger partial charge in [-0.25, -0.2) is 0 Å². The zero-order valence-electron chi connectivity index (χ0n) is 12.8. The van der Waals surface area contributed by atoms with Crippen molar-refractivity contribution in [3.63, 3.8) is 0 Å². The van der Waals surface area contributed by atoms with E-state index in [0.29, 0.717) is 24.8 Å². The van der Waals surface area contributed by atoms with Crippen LogP contribution in [0.25, 0.3) is 0 Å². The third kappa shape index (κ3) is 5.70. The Balaban J connectivity index is 2.39. The third-order valence-corrected chi connectivity index (χ3v) is 3.78. The Bertz CT molecular complexity index is 392. The van der Waals surface area contributed by atoms with Crippen molar-refractivity contribution in [3.8, 4) is 0 Å². The number of hydrogen-bond acceptors (Lipinski definition) is 3. The van der Waals surface area contributed by atoms with Gasteiger partial charge in [-0.15, -0.1) is 0 Å². The maximum atomic E-state index is 12.0. The molecule has 0 aromatic carbocycles. The molecule has 4 heteroatoms. The van der Waals surface area contributed by atoms with E-state index in [9.17, 15) is 4.79 Å². The van der Waals surface area contributed by atoms with Crippen molar-refractivity contribution in [2.24, 2.45) is 17.6 Å². The zero-order valence-corrected chi connectivity index (χ0v) is 12.8. The molecule has 0 saturated heterocycles. The first-order valence-electron chi connectivity index (χ1n) is 7.44. The van der Waals surface area contributed by atoms with Crippen LogP contribution in [0.3, 0.4) is 0 Å². The van der Waals surface area contributed by atoms with Gasteiger partial charge >= 0.3 is 0 Å². The third-order valence-electron chi connectivity index (χ3n) is 3.78. The molecule has 4 nitrogen and oxygen atoms in total. The van der Waals surface area contributed by atoms with Crippen molar-refractivity contribution in [3.05, 3.63) is 30.1 Å². The molecule has 1 aromatic heterocycles. The number of carbonyl (C=O) groups excluding carboxylic acids is 1. The van der Waals surface area contributed by atoms with E-state index in [1.165, 1.54) is 0 Å². The summed E-state index contributed by atoms with van der Waals surface area (Å²) in [6.07, 6.45) is 5.98. The van der Waals surface area contributed by atoms with Crippen LogP contribution in [0.15, 0.2) is 24.5 Å². The lowest BCUT2D eigenvalue weighted by atomic mass is 9.88. The topological polar surface area (TPSA) is 68.0 Å². The lowest BCUT2D eigenvalue weighted by Gasteiger charge is -2.20. The van der Waals surface area contributed by atoms with Crippen LogP contribution < -0.4 is 11.1 Å². The molecule has 112 valence electrons. The standard InChI is InChI=1S/C16H27N3O/c1-12(2)14(8-9-17)6-7-16(20)19-13(3)15-5-4-10-18-11-15/h4-5,10-14H,6-9,17H2,1-3H3,(H,19,20). The molecule has 1 aromatic rings. The maximum Gasteiger partial charge on any atom is 0.220 e. The monoisotopic (exact) mass is 277 g/mol. The van der Waals surface area contributed by atoms with Crippen molar-refractivity contribution < 1.29 is 4.79 Å². The Kier molecular flexibility index (Phi) is 7.23. The van der Waals surface area contributed by atoms with Crippen molar-refractivity contribution in [2.45, 2.75) is 46.1 Å². The van der Waals surface area contributed by atoms with Gasteiger partial charge in [0.2, 0.25) is 5.91 Å². The zero-order chi connectivity index (χ0) is 15.0. The Labute approximate surface area is 122 Å². The average molecular weight is 277 g/mol. The van der Waals surface area contributed by atoms with E-state index in [1.54, 1.807) is 12.4 Å². The molecule has 0 spiro atoms. The highest BCUT2D eigenvalue weighted by molar-refractivity contribution is 5.76. The number of hydrogen-bond donors (Lipinski definition) is 2. The van der Waals surface area contributed by atoms with Crippen LogP contribution in [-0.4, -0.2) is 17.4 Å². The number of rotatable bonds is 8. The Morgan fingerprint density at radius 2 is 2.10 bits per heavy atom. The van der Waals surface area contributed by atoms with Crippen LogP contribution >= 0.6 is 0 Å². The lowest BCUT2D eigenvalue weighted by molar-refractivity contribution is -0.122. The molecule has 0 bridgehead atoms. The molecule has 0 fully saturated rings. The van der Waals surface area contributed by atoms with Gasteiger partial charge in [-0.3, -0.25) is 9.78 Å². The maximum absolute atomic E-state index is 12.0. The summed E-state index contributed by atoms with van der Waals surface area (Å²) in [7, 11) is 0. The highest BCUT2D eigenvalue weighted by Crippen LogP contribution is 2.20. The quantitative estimate of drug-likeness (QED) is 0.767. The van der Waals surface area contributed by atoms with Gasteiger partial charge in [0.25, 0.3) is 0 Å². The normalized spacial score (nSPS) is 14.1. The predicted molar refractivity (Wildman–Crippen MR) is 82.0 cm³/mol. The van der Waals surface area contributed by atoms with E-state index < -0.39 is 0 Å². The van der Waals surface area contributed by atoms with Gasteiger partial charge in [0.15, 0.2) is 0 Å². The first-order chi connectivity index (χ1) is 9.54. The predicted octanol–water partition coefficient (Wildman–Crippen LogP) is 2.66. The lowest BCUT2D eigenvalue weighted by Crippen LogP contribution is -2.27. The van der Waals surface area contributed by atoms with Gasteiger partial charge < -0.3 is 11.1 Å². The largest absolute Gasteiger partial charge is 0.350 e. The fourth-order valence-corrected chi connectivity index (χ4v) is 2.37. The molecule has 2 atom stereocenters. The summed E-state index contributed by atoms with van der Waals surface area (Å²) in [6.45, 7) is 7.05. The molecule has 1 amide bonds. The minimum absolute atomic E-state index is 0.00297. The number of nitrogens with zero attached hydrogens (tertiary/aromatic N) is 1. The number of nitrogens with one attached hydrogen (secondary N) is 1. The number of nitrogens with two attached hydrogens (primary N) is 1. The number of pyridine rings is 1. The van der Waals surface area contributed by atoms with Gasteiger partial charge in [0.05, 0.1) is 6.04 Å². The number of amides is 1. The van der Waals surface area contributed by atoms with Gasteiger partial charge in [-0.05, 0) is 49.8 Å². The minimum Gasteiger partial charge on any atom is -0.350 e. The molecule has 1 heterocycles. The summed E-state index contributed by atoms with van der Waals surface area (Å²) in [6, 6.07) is 3.86. The van der Waals surface area contributed by atoms with E-state index in [2.05, 4.69) is 24.1 Å². The second-order valence-corrected chi connectivity index (χ2v) is 5.70. The van der Waals surface area contributed by atoms with Gasteiger partial charge in [-0.2, -0.15) is 0 Å². The first-order valence-corrected chi connectivity index (χ1v) is 7.44. The Hall–Kier alpha value is -1.42. The molecule has 1 rings (SSSR count). The van der Waals surface area contributed by atoms with Crippen LogP contribution in [0.4, 0.5) is 0 Å². The second-order valence-electron chi connectivity index (χ2n) is 5.70. The molecule has 0 radical (unpaired) electrons. The summed E-state index contributed by atoms with van der Waals surface area (Å²) in [5.41, 5.74) is 6.65. The van der Waals surface area contributed by atoms with E-state index in [0.717, 1.165) is 18.4 Å². The van der Waals surface area contributed by atoms with Gasteiger partial charge in [0.1, 0.15) is 0 Å². The van der Waals surface area contributed by atoms with Gasteiger partial charge in [-0.1, -0.05) is 19.9 Å². The fourth-order valence-electron chi connectivity index (χ4n) is 2.37. The number of carbonyl (C=O) groups is 1. The molecular formula is C16H27N3O. The van der Waals surface area contributed by atoms with Crippen molar-refractivity contribution >= 4 is 5.91 Å².